The summed E-state index contributed by atoms with van der Waals surface area (Å²) >= 11 is 0. The van der Waals surface area contributed by atoms with Crippen molar-refractivity contribution in [1.29, 1.82) is 0 Å². The van der Waals surface area contributed by atoms with E-state index in [0.717, 1.165) is 19.4 Å². The van der Waals surface area contributed by atoms with Crippen LogP contribution in [-0.2, 0) is 16.0 Å². The molecular weight excluding hydrogens is 240 g/mol. The molecule has 1 rings (SSSR count). The quantitative estimate of drug-likeness (QED) is 0.662. The summed E-state index contributed by atoms with van der Waals surface area (Å²) in [7, 11) is 1.66. The number of carbonyl (C=O) groups is 1. The minimum atomic E-state index is -0.161. The SMILES string of the molecule is COCCCNC(=O)C(C)NCCc1ccccc1. The van der Waals surface area contributed by atoms with Crippen LogP contribution in [0.25, 0.3) is 0 Å². The Balaban J connectivity index is 2.12. The van der Waals surface area contributed by atoms with Crippen LogP contribution in [0.4, 0.5) is 0 Å². The molecule has 0 aliphatic carbocycles. The van der Waals surface area contributed by atoms with E-state index in [0.29, 0.717) is 13.2 Å². The number of carbonyl (C=O) groups excluding carboxylic acids is 1. The summed E-state index contributed by atoms with van der Waals surface area (Å²) in [6, 6.07) is 10.1. The zero-order chi connectivity index (χ0) is 13.9. The number of methoxy groups -OCH3 is 1. The molecule has 1 unspecified atom stereocenters. The molecule has 0 saturated carbocycles. The Bertz CT molecular complexity index is 354. The molecule has 0 radical (unpaired) electrons. The minimum Gasteiger partial charge on any atom is -0.385 e. The van der Waals surface area contributed by atoms with E-state index in [1.165, 1.54) is 5.56 Å². The number of amides is 1. The van der Waals surface area contributed by atoms with E-state index in [1.54, 1.807) is 7.11 Å². The van der Waals surface area contributed by atoms with Gasteiger partial charge in [-0.1, -0.05) is 30.3 Å². The molecule has 0 aromatic heterocycles. The fourth-order valence-electron chi connectivity index (χ4n) is 1.75. The normalized spacial score (nSPS) is 12.1. The molecular formula is C15H24N2O2. The Morgan fingerprint density at radius 3 is 2.68 bits per heavy atom. The summed E-state index contributed by atoms with van der Waals surface area (Å²) < 4.78 is 4.93. The highest BCUT2D eigenvalue weighted by Crippen LogP contribution is 1.98. The van der Waals surface area contributed by atoms with Crippen LogP contribution in [0.2, 0.25) is 0 Å². The molecule has 4 heteroatoms. The molecule has 0 fully saturated rings. The molecule has 0 heterocycles. The van der Waals surface area contributed by atoms with Crippen molar-refractivity contribution in [3.05, 3.63) is 35.9 Å². The topological polar surface area (TPSA) is 50.4 Å². The minimum absolute atomic E-state index is 0.0455. The summed E-state index contributed by atoms with van der Waals surface area (Å²) in [6.45, 7) is 4.03. The van der Waals surface area contributed by atoms with Gasteiger partial charge in [0.15, 0.2) is 0 Å². The van der Waals surface area contributed by atoms with Crippen LogP contribution in [0.15, 0.2) is 30.3 Å². The highest BCUT2D eigenvalue weighted by Gasteiger charge is 2.10. The van der Waals surface area contributed by atoms with Crippen molar-refractivity contribution >= 4 is 5.91 Å². The van der Waals surface area contributed by atoms with E-state index in [2.05, 4.69) is 22.8 Å². The second-order valence-corrected chi connectivity index (χ2v) is 4.55. The van der Waals surface area contributed by atoms with Gasteiger partial charge in [-0.25, -0.2) is 0 Å². The fraction of sp³-hybridized carbons (Fsp3) is 0.533. The molecule has 0 saturated heterocycles. The Hall–Kier alpha value is -1.39. The van der Waals surface area contributed by atoms with Crippen LogP contribution in [0.5, 0.6) is 0 Å². The van der Waals surface area contributed by atoms with Gasteiger partial charge in [-0.15, -0.1) is 0 Å². The van der Waals surface area contributed by atoms with Crippen LogP contribution in [0, 0.1) is 0 Å². The van der Waals surface area contributed by atoms with Gasteiger partial charge < -0.3 is 15.4 Å². The van der Waals surface area contributed by atoms with Gasteiger partial charge in [0, 0.05) is 20.3 Å². The first-order chi connectivity index (χ1) is 9.24. The molecule has 0 spiro atoms. The molecule has 4 nitrogen and oxygen atoms in total. The second kappa shape index (κ2) is 9.53. The largest absolute Gasteiger partial charge is 0.385 e. The van der Waals surface area contributed by atoms with Gasteiger partial charge in [0.25, 0.3) is 0 Å². The molecule has 1 atom stereocenters. The lowest BCUT2D eigenvalue weighted by atomic mass is 10.1. The summed E-state index contributed by atoms with van der Waals surface area (Å²) in [5.41, 5.74) is 1.28. The van der Waals surface area contributed by atoms with Crippen molar-refractivity contribution in [2.45, 2.75) is 25.8 Å². The van der Waals surface area contributed by atoms with E-state index < -0.39 is 0 Å². The van der Waals surface area contributed by atoms with Crippen molar-refractivity contribution in [3.8, 4) is 0 Å². The Labute approximate surface area is 115 Å². The second-order valence-electron chi connectivity index (χ2n) is 4.55. The van der Waals surface area contributed by atoms with Gasteiger partial charge in [-0.2, -0.15) is 0 Å². The standard InChI is InChI=1S/C15H24N2O2/c1-13(15(18)17-10-6-12-19-2)16-11-9-14-7-4-3-5-8-14/h3-5,7-8,13,16H,6,9-12H2,1-2H3,(H,17,18). The summed E-state index contributed by atoms with van der Waals surface area (Å²) in [5, 5.41) is 6.11. The summed E-state index contributed by atoms with van der Waals surface area (Å²) in [6.07, 6.45) is 1.78. The molecule has 1 aromatic carbocycles. The average molecular weight is 264 g/mol. The third-order valence-corrected chi connectivity index (χ3v) is 2.92. The number of benzene rings is 1. The van der Waals surface area contributed by atoms with Gasteiger partial charge in [-0.3, -0.25) is 4.79 Å². The predicted octanol–water partition coefficient (Wildman–Crippen LogP) is 1.36. The average Bonchev–Trinajstić information content (AvgIpc) is 2.44. The van der Waals surface area contributed by atoms with E-state index in [1.807, 2.05) is 25.1 Å². The van der Waals surface area contributed by atoms with Gasteiger partial charge >= 0.3 is 0 Å². The Kier molecular flexibility index (Phi) is 7.86. The van der Waals surface area contributed by atoms with E-state index >= 15 is 0 Å². The molecule has 106 valence electrons. The highest BCUT2D eigenvalue weighted by atomic mass is 16.5. The Morgan fingerprint density at radius 2 is 2.00 bits per heavy atom. The van der Waals surface area contributed by atoms with E-state index in [9.17, 15) is 4.79 Å². The number of hydrogen-bond donors (Lipinski definition) is 2. The number of nitrogens with one attached hydrogen (secondary N) is 2. The monoisotopic (exact) mass is 264 g/mol. The maximum absolute atomic E-state index is 11.7. The zero-order valence-electron chi connectivity index (χ0n) is 11.8. The molecule has 0 aliphatic rings. The van der Waals surface area contributed by atoms with Gasteiger partial charge in [-0.05, 0) is 31.9 Å². The highest BCUT2D eigenvalue weighted by molar-refractivity contribution is 5.81. The predicted molar refractivity (Wildman–Crippen MR) is 77.1 cm³/mol. The summed E-state index contributed by atoms with van der Waals surface area (Å²) in [5.74, 6) is 0.0455. The van der Waals surface area contributed by atoms with Crippen LogP contribution in [0.1, 0.15) is 18.9 Å². The smallest absolute Gasteiger partial charge is 0.236 e. The third-order valence-electron chi connectivity index (χ3n) is 2.92. The lowest BCUT2D eigenvalue weighted by molar-refractivity contribution is -0.122. The third kappa shape index (κ3) is 6.94. The molecule has 1 aromatic rings. The van der Waals surface area contributed by atoms with Crippen molar-refractivity contribution in [3.63, 3.8) is 0 Å². The summed E-state index contributed by atoms with van der Waals surface area (Å²) in [4.78, 5) is 11.7. The van der Waals surface area contributed by atoms with Crippen LogP contribution in [-0.4, -0.2) is 38.8 Å². The van der Waals surface area contributed by atoms with Gasteiger partial charge in [0.2, 0.25) is 5.91 Å². The first kappa shape index (κ1) is 15.7. The number of hydrogen-bond acceptors (Lipinski definition) is 3. The van der Waals surface area contributed by atoms with Crippen LogP contribution < -0.4 is 10.6 Å². The van der Waals surface area contributed by atoms with E-state index in [4.69, 9.17) is 4.74 Å². The van der Waals surface area contributed by atoms with E-state index in [-0.39, 0.29) is 11.9 Å². The van der Waals surface area contributed by atoms with Gasteiger partial charge in [0.05, 0.1) is 6.04 Å². The zero-order valence-corrected chi connectivity index (χ0v) is 11.8. The Morgan fingerprint density at radius 1 is 1.26 bits per heavy atom. The lowest BCUT2D eigenvalue weighted by Crippen LogP contribution is -2.43. The van der Waals surface area contributed by atoms with Crippen molar-refractivity contribution in [2.24, 2.45) is 0 Å². The fourth-order valence-corrected chi connectivity index (χ4v) is 1.75. The molecule has 2 N–H and O–H groups in total. The molecule has 19 heavy (non-hydrogen) atoms. The van der Waals surface area contributed by atoms with Crippen LogP contribution >= 0.6 is 0 Å². The lowest BCUT2D eigenvalue weighted by Gasteiger charge is -2.14. The first-order valence-corrected chi connectivity index (χ1v) is 6.78. The molecule has 0 bridgehead atoms. The molecule has 1 amide bonds. The maximum atomic E-state index is 11.7. The molecule has 0 aliphatic heterocycles. The number of rotatable bonds is 9. The van der Waals surface area contributed by atoms with Gasteiger partial charge in [0.1, 0.15) is 0 Å². The van der Waals surface area contributed by atoms with Crippen molar-refractivity contribution < 1.29 is 9.53 Å². The van der Waals surface area contributed by atoms with Crippen LogP contribution in [0.3, 0.4) is 0 Å². The maximum Gasteiger partial charge on any atom is 0.236 e. The van der Waals surface area contributed by atoms with Crippen molar-refractivity contribution in [2.75, 3.05) is 26.8 Å². The van der Waals surface area contributed by atoms with Crippen molar-refractivity contribution in [1.82, 2.24) is 10.6 Å². The first-order valence-electron chi connectivity index (χ1n) is 6.78. The number of ether oxygens (including phenoxy) is 1.